The van der Waals surface area contributed by atoms with Crippen LogP contribution in [0.4, 0.5) is 0 Å². The Kier molecular flexibility index (Phi) is 3.94. The van der Waals surface area contributed by atoms with Gasteiger partial charge in [0.1, 0.15) is 5.78 Å². The van der Waals surface area contributed by atoms with Crippen LogP contribution >= 0.6 is 27.3 Å². The van der Waals surface area contributed by atoms with Gasteiger partial charge in [0.25, 0.3) is 0 Å². The van der Waals surface area contributed by atoms with Crippen LogP contribution in [-0.4, -0.2) is 18.9 Å². The molecule has 0 radical (unpaired) electrons. The molecule has 0 atom stereocenters. The minimum absolute atomic E-state index is 0.284. The lowest BCUT2D eigenvalue weighted by molar-refractivity contribution is -0.122. The van der Waals surface area contributed by atoms with Gasteiger partial charge in [0.2, 0.25) is 0 Å². The van der Waals surface area contributed by atoms with Gasteiger partial charge in [0.15, 0.2) is 0 Å². The molecule has 4 heteroatoms. The van der Waals surface area contributed by atoms with Gasteiger partial charge in [-0.15, -0.1) is 11.3 Å². The first-order valence-corrected chi connectivity index (χ1v) is 6.89. The van der Waals surface area contributed by atoms with Crippen molar-refractivity contribution in [3.63, 3.8) is 0 Å². The van der Waals surface area contributed by atoms with Crippen LogP contribution in [0.3, 0.4) is 0 Å². The third-order valence-corrected chi connectivity index (χ3v) is 4.46. The summed E-state index contributed by atoms with van der Waals surface area (Å²) in [7, 11) is 0. The average Bonchev–Trinajstić information content (AvgIpc) is 2.65. The summed E-state index contributed by atoms with van der Waals surface area (Å²) in [6, 6.07) is 2.05. The summed E-state index contributed by atoms with van der Waals surface area (Å²) in [6.07, 6.45) is 2.62. The molecule has 2 rings (SSSR count). The van der Waals surface area contributed by atoms with Crippen molar-refractivity contribution in [2.24, 2.45) is 5.92 Å². The maximum absolute atomic E-state index is 11.9. The maximum atomic E-state index is 11.9. The van der Waals surface area contributed by atoms with Crippen LogP contribution in [0.2, 0.25) is 0 Å². The molecule has 1 aromatic rings. The third kappa shape index (κ3) is 3.13. The minimum Gasteiger partial charge on any atom is -0.317 e. The van der Waals surface area contributed by atoms with Crippen molar-refractivity contribution < 1.29 is 4.79 Å². The van der Waals surface area contributed by atoms with Crippen molar-refractivity contribution >= 4 is 33.0 Å². The van der Waals surface area contributed by atoms with Crippen LogP contribution in [0.5, 0.6) is 0 Å². The normalized spacial score (nSPS) is 17.9. The van der Waals surface area contributed by atoms with Gasteiger partial charge in [0, 0.05) is 27.1 Å². The number of hydrogen-bond donors (Lipinski definition) is 1. The molecule has 0 amide bonds. The second kappa shape index (κ2) is 5.23. The first-order chi connectivity index (χ1) is 7.25. The van der Waals surface area contributed by atoms with E-state index in [0.717, 1.165) is 30.4 Å². The number of rotatable bonds is 3. The number of ketones is 1. The molecule has 1 aliphatic rings. The standard InChI is InChI=1S/C11H14BrNOS/c12-9-5-10(15-7-9)6-11(14)8-1-3-13-4-2-8/h5,7-8,13H,1-4,6H2. The van der Waals surface area contributed by atoms with Gasteiger partial charge in [-0.1, -0.05) is 0 Å². The van der Waals surface area contributed by atoms with E-state index in [1.54, 1.807) is 11.3 Å². The van der Waals surface area contributed by atoms with E-state index in [9.17, 15) is 4.79 Å². The largest absolute Gasteiger partial charge is 0.317 e. The lowest BCUT2D eigenvalue weighted by Gasteiger charge is -2.20. The highest BCUT2D eigenvalue weighted by Crippen LogP contribution is 2.22. The van der Waals surface area contributed by atoms with Gasteiger partial charge in [0.05, 0.1) is 0 Å². The first-order valence-electron chi connectivity index (χ1n) is 5.22. The van der Waals surface area contributed by atoms with Gasteiger partial charge in [-0.2, -0.15) is 0 Å². The molecule has 1 N–H and O–H groups in total. The number of thiophene rings is 1. The summed E-state index contributed by atoms with van der Waals surface area (Å²) in [4.78, 5) is 13.1. The number of Topliss-reactive ketones (excluding diaryl/α,β-unsaturated/α-hetero) is 1. The molecule has 0 unspecified atom stereocenters. The molecule has 0 aromatic carbocycles. The van der Waals surface area contributed by atoms with Crippen LogP contribution < -0.4 is 5.32 Å². The fourth-order valence-electron chi connectivity index (χ4n) is 1.91. The molecule has 0 bridgehead atoms. The number of hydrogen-bond acceptors (Lipinski definition) is 3. The molecule has 2 heterocycles. The lowest BCUT2D eigenvalue weighted by Crippen LogP contribution is -2.32. The Morgan fingerprint density at radius 1 is 1.53 bits per heavy atom. The quantitative estimate of drug-likeness (QED) is 0.926. The third-order valence-electron chi connectivity index (χ3n) is 2.76. The van der Waals surface area contributed by atoms with Crippen LogP contribution in [0.1, 0.15) is 17.7 Å². The van der Waals surface area contributed by atoms with Crippen molar-refractivity contribution in [3.05, 3.63) is 20.8 Å². The van der Waals surface area contributed by atoms with Gasteiger partial charge >= 0.3 is 0 Å². The van der Waals surface area contributed by atoms with E-state index >= 15 is 0 Å². The highest BCUT2D eigenvalue weighted by molar-refractivity contribution is 9.10. The van der Waals surface area contributed by atoms with Crippen molar-refractivity contribution in [3.8, 4) is 0 Å². The number of carbonyl (C=O) groups is 1. The minimum atomic E-state index is 0.284. The summed E-state index contributed by atoms with van der Waals surface area (Å²) in [5.74, 6) is 0.693. The zero-order chi connectivity index (χ0) is 10.7. The molecule has 15 heavy (non-hydrogen) atoms. The maximum Gasteiger partial charge on any atom is 0.141 e. The first kappa shape index (κ1) is 11.3. The van der Waals surface area contributed by atoms with Crippen LogP contribution in [0.15, 0.2) is 15.9 Å². The van der Waals surface area contributed by atoms with Crippen molar-refractivity contribution in [2.45, 2.75) is 19.3 Å². The smallest absolute Gasteiger partial charge is 0.141 e. The monoisotopic (exact) mass is 287 g/mol. The zero-order valence-electron chi connectivity index (χ0n) is 8.46. The van der Waals surface area contributed by atoms with E-state index in [2.05, 4.69) is 21.2 Å². The van der Waals surface area contributed by atoms with Crippen LogP contribution in [0.25, 0.3) is 0 Å². The molecule has 2 nitrogen and oxygen atoms in total. The molecule has 82 valence electrons. The van der Waals surface area contributed by atoms with Crippen molar-refractivity contribution in [1.29, 1.82) is 0 Å². The van der Waals surface area contributed by atoms with E-state index < -0.39 is 0 Å². The second-order valence-electron chi connectivity index (χ2n) is 3.90. The number of nitrogens with one attached hydrogen (secondary N) is 1. The summed E-state index contributed by atoms with van der Waals surface area (Å²) >= 11 is 5.07. The fraction of sp³-hybridized carbons (Fsp3) is 0.545. The molecular formula is C11H14BrNOS. The molecule has 0 aliphatic carbocycles. The van der Waals surface area contributed by atoms with Crippen molar-refractivity contribution in [1.82, 2.24) is 5.32 Å². The number of carbonyl (C=O) groups excluding carboxylic acids is 1. The Hall–Kier alpha value is -0.190. The van der Waals surface area contributed by atoms with E-state index in [0.29, 0.717) is 12.2 Å². The lowest BCUT2D eigenvalue weighted by atomic mass is 9.92. The van der Waals surface area contributed by atoms with Gasteiger partial charge < -0.3 is 5.32 Å². The fourth-order valence-corrected chi connectivity index (χ4v) is 3.37. The van der Waals surface area contributed by atoms with Gasteiger partial charge in [-0.25, -0.2) is 0 Å². The van der Waals surface area contributed by atoms with Crippen LogP contribution in [-0.2, 0) is 11.2 Å². The predicted octanol–water partition coefficient (Wildman–Crippen LogP) is 2.62. The topological polar surface area (TPSA) is 29.1 Å². The molecule has 0 saturated carbocycles. The molecule has 1 aliphatic heterocycles. The van der Waals surface area contributed by atoms with E-state index in [1.165, 1.54) is 4.88 Å². The number of piperidine rings is 1. The SMILES string of the molecule is O=C(Cc1cc(Br)cs1)C1CCNCC1. The molecule has 1 saturated heterocycles. The van der Waals surface area contributed by atoms with E-state index in [1.807, 2.05) is 11.4 Å². The van der Waals surface area contributed by atoms with E-state index in [4.69, 9.17) is 0 Å². The Morgan fingerprint density at radius 2 is 2.27 bits per heavy atom. The van der Waals surface area contributed by atoms with Gasteiger partial charge in [-0.3, -0.25) is 4.79 Å². The highest BCUT2D eigenvalue weighted by Gasteiger charge is 2.21. The Labute approximate surface area is 102 Å². The predicted molar refractivity (Wildman–Crippen MR) is 66.3 cm³/mol. The average molecular weight is 288 g/mol. The summed E-state index contributed by atoms with van der Waals surface area (Å²) in [5.41, 5.74) is 0. The summed E-state index contributed by atoms with van der Waals surface area (Å²) in [6.45, 7) is 1.98. The summed E-state index contributed by atoms with van der Waals surface area (Å²) in [5, 5.41) is 5.31. The molecule has 0 spiro atoms. The van der Waals surface area contributed by atoms with E-state index in [-0.39, 0.29) is 5.92 Å². The molecule has 1 fully saturated rings. The zero-order valence-corrected chi connectivity index (χ0v) is 10.9. The second-order valence-corrected chi connectivity index (χ2v) is 5.81. The Morgan fingerprint density at radius 3 is 2.87 bits per heavy atom. The van der Waals surface area contributed by atoms with Crippen LogP contribution in [0, 0.1) is 5.92 Å². The Bertz CT molecular complexity index is 344. The molecule has 1 aromatic heterocycles. The van der Waals surface area contributed by atoms with Crippen molar-refractivity contribution in [2.75, 3.05) is 13.1 Å². The highest BCUT2D eigenvalue weighted by atomic mass is 79.9. The Balaban J connectivity index is 1.91. The molecular weight excluding hydrogens is 274 g/mol. The number of halogens is 1. The summed E-state index contributed by atoms with van der Waals surface area (Å²) < 4.78 is 1.08. The van der Waals surface area contributed by atoms with Gasteiger partial charge in [-0.05, 0) is 47.9 Å².